The second kappa shape index (κ2) is 5.43. The first-order chi connectivity index (χ1) is 10.9. The molecule has 5 heteroatoms. The molecule has 23 heavy (non-hydrogen) atoms. The van der Waals surface area contributed by atoms with Gasteiger partial charge in [0.1, 0.15) is 5.75 Å². The molecule has 2 N–H and O–H groups in total. The summed E-state index contributed by atoms with van der Waals surface area (Å²) in [7, 11) is 0. The van der Waals surface area contributed by atoms with Crippen LogP contribution in [0.4, 0.5) is 0 Å². The van der Waals surface area contributed by atoms with E-state index >= 15 is 0 Å². The summed E-state index contributed by atoms with van der Waals surface area (Å²) in [5, 5.41) is 12.2. The van der Waals surface area contributed by atoms with Gasteiger partial charge < -0.3 is 15.7 Å². The van der Waals surface area contributed by atoms with Crippen molar-refractivity contribution in [1.82, 2.24) is 0 Å². The Kier molecular flexibility index (Phi) is 3.56. The average Bonchev–Trinajstić information content (AvgIpc) is 2.64. The Morgan fingerprint density at radius 2 is 2.09 bits per heavy atom. The Morgan fingerprint density at radius 1 is 1.30 bits per heavy atom. The summed E-state index contributed by atoms with van der Waals surface area (Å²) in [5.41, 5.74) is 7.45. The van der Waals surface area contributed by atoms with Crippen LogP contribution < -0.4 is 15.2 Å². The second-order valence-corrected chi connectivity index (χ2v) is 6.32. The largest absolute Gasteiger partial charge is 0.618 e. The van der Waals surface area contributed by atoms with E-state index < -0.39 is 5.91 Å². The van der Waals surface area contributed by atoms with E-state index in [9.17, 15) is 10.0 Å². The van der Waals surface area contributed by atoms with Gasteiger partial charge in [-0.05, 0) is 24.3 Å². The number of carbonyl (C=O) groups excluding carboxylic acids is 1. The number of pyridine rings is 1. The van der Waals surface area contributed by atoms with Gasteiger partial charge in [-0.2, -0.15) is 4.73 Å². The lowest BCUT2D eigenvalue weighted by atomic mass is 9.88. The van der Waals surface area contributed by atoms with Gasteiger partial charge in [0, 0.05) is 28.7 Å². The Balaban J connectivity index is 2.27. The van der Waals surface area contributed by atoms with Crippen LogP contribution in [0.3, 0.4) is 0 Å². The van der Waals surface area contributed by atoms with Gasteiger partial charge in [0.05, 0.1) is 12.2 Å². The zero-order valence-corrected chi connectivity index (χ0v) is 13.1. The lowest BCUT2D eigenvalue weighted by molar-refractivity contribution is -0.607. The topological polar surface area (TPSA) is 79.3 Å². The first kappa shape index (κ1) is 15.1. The molecule has 0 fully saturated rings. The predicted octanol–water partition coefficient (Wildman–Crippen LogP) is 2.27. The van der Waals surface area contributed by atoms with Crippen molar-refractivity contribution in [3.05, 3.63) is 70.7 Å². The van der Waals surface area contributed by atoms with E-state index in [1.165, 1.54) is 6.20 Å². The molecule has 118 valence electrons. The van der Waals surface area contributed by atoms with Crippen LogP contribution in [-0.2, 0) is 0 Å². The molecule has 0 atom stereocenters. The highest BCUT2D eigenvalue weighted by molar-refractivity contribution is 5.95. The molecule has 5 nitrogen and oxygen atoms in total. The molecule has 0 aliphatic carbocycles. The Morgan fingerprint density at radius 3 is 2.78 bits per heavy atom. The number of aromatic nitrogens is 1. The lowest BCUT2D eigenvalue weighted by Gasteiger charge is -2.18. The molecule has 0 unspecified atom stereocenters. The molecule has 3 rings (SSSR count). The Bertz CT molecular complexity index is 810. The molecule has 1 amide bonds. The smallest absolute Gasteiger partial charge is 0.248 e. The van der Waals surface area contributed by atoms with Crippen molar-refractivity contribution in [3.8, 4) is 5.75 Å². The summed E-state index contributed by atoms with van der Waals surface area (Å²) in [4.78, 5) is 11.5. The third-order valence-corrected chi connectivity index (χ3v) is 3.79. The fourth-order valence-electron chi connectivity index (χ4n) is 2.64. The van der Waals surface area contributed by atoms with Crippen molar-refractivity contribution in [3.63, 3.8) is 0 Å². The molecule has 2 aromatic rings. The molecule has 0 bridgehead atoms. The molecular formula is C18H18N2O3. The monoisotopic (exact) mass is 310 g/mol. The SMILES string of the molecule is CC1(C)C=C(c2cccc[n+]2[O-])c2cc(C(N)=O)ccc2OC1. The summed E-state index contributed by atoms with van der Waals surface area (Å²) in [5.74, 6) is 0.120. The minimum absolute atomic E-state index is 0.260. The number of amides is 1. The van der Waals surface area contributed by atoms with Gasteiger partial charge in [-0.25, -0.2) is 0 Å². The molecular weight excluding hydrogens is 292 g/mol. The zero-order chi connectivity index (χ0) is 16.6. The van der Waals surface area contributed by atoms with E-state index in [1.807, 2.05) is 19.9 Å². The van der Waals surface area contributed by atoms with Gasteiger partial charge in [0.15, 0.2) is 6.20 Å². The van der Waals surface area contributed by atoms with Crippen molar-refractivity contribution in [2.24, 2.45) is 11.1 Å². The molecule has 1 aromatic carbocycles. The van der Waals surface area contributed by atoms with Gasteiger partial charge in [-0.3, -0.25) is 4.79 Å². The van der Waals surface area contributed by atoms with Crippen LogP contribution in [0.5, 0.6) is 5.75 Å². The fraction of sp³-hybridized carbons (Fsp3) is 0.222. The number of rotatable bonds is 2. The van der Waals surface area contributed by atoms with Crippen LogP contribution in [0.15, 0.2) is 48.7 Å². The summed E-state index contributed by atoms with van der Waals surface area (Å²) in [6.07, 6.45) is 3.46. The third kappa shape index (κ3) is 2.90. The van der Waals surface area contributed by atoms with Crippen LogP contribution in [0.25, 0.3) is 5.57 Å². The number of fused-ring (bicyclic) bond motifs is 1. The average molecular weight is 310 g/mol. The molecule has 0 spiro atoms. The minimum atomic E-state index is -0.515. The van der Waals surface area contributed by atoms with Gasteiger partial charge in [0.2, 0.25) is 11.6 Å². The van der Waals surface area contributed by atoms with Crippen LogP contribution in [0.2, 0.25) is 0 Å². The van der Waals surface area contributed by atoms with E-state index in [4.69, 9.17) is 10.5 Å². The van der Waals surface area contributed by atoms with Gasteiger partial charge in [-0.15, -0.1) is 0 Å². The van der Waals surface area contributed by atoms with Crippen LogP contribution in [0.1, 0.15) is 35.5 Å². The summed E-state index contributed by atoms with van der Waals surface area (Å²) < 4.78 is 6.69. The standard InChI is InChI=1S/C18H18N2O3/c1-18(2)10-14(15-5-3-4-8-20(15)22)13-9-12(17(19)21)6-7-16(13)23-11-18/h3-10H,11H2,1-2H3,(H2,19,21). The van der Waals surface area contributed by atoms with Crippen LogP contribution in [-0.4, -0.2) is 12.5 Å². The highest BCUT2D eigenvalue weighted by Crippen LogP contribution is 2.38. The van der Waals surface area contributed by atoms with Crippen molar-refractivity contribution in [1.29, 1.82) is 0 Å². The number of primary amides is 1. The third-order valence-electron chi connectivity index (χ3n) is 3.79. The first-order valence-corrected chi connectivity index (χ1v) is 7.36. The van der Waals surface area contributed by atoms with Crippen molar-refractivity contribution in [2.75, 3.05) is 6.61 Å². The maximum Gasteiger partial charge on any atom is 0.248 e. The highest BCUT2D eigenvalue weighted by Gasteiger charge is 2.28. The van der Waals surface area contributed by atoms with E-state index in [-0.39, 0.29) is 5.41 Å². The predicted molar refractivity (Wildman–Crippen MR) is 86.7 cm³/mol. The maximum absolute atomic E-state index is 12.2. The van der Waals surface area contributed by atoms with E-state index in [1.54, 1.807) is 36.4 Å². The number of benzene rings is 1. The summed E-state index contributed by atoms with van der Waals surface area (Å²) >= 11 is 0. The number of nitrogens with zero attached hydrogens (tertiary/aromatic N) is 1. The van der Waals surface area contributed by atoms with Gasteiger partial charge >= 0.3 is 0 Å². The summed E-state index contributed by atoms with van der Waals surface area (Å²) in [6, 6.07) is 10.3. The van der Waals surface area contributed by atoms with Crippen molar-refractivity contribution < 1.29 is 14.3 Å². The normalized spacial score (nSPS) is 15.8. The molecule has 1 aromatic heterocycles. The number of nitrogens with two attached hydrogens (primary N) is 1. The number of carbonyl (C=O) groups is 1. The Labute approximate surface area is 134 Å². The zero-order valence-electron chi connectivity index (χ0n) is 13.1. The molecule has 0 radical (unpaired) electrons. The van der Waals surface area contributed by atoms with E-state index in [2.05, 4.69) is 0 Å². The van der Waals surface area contributed by atoms with E-state index in [0.717, 1.165) is 10.3 Å². The Hall–Kier alpha value is -2.82. The van der Waals surface area contributed by atoms with Gasteiger partial charge in [-0.1, -0.05) is 19.9 Å². The van der Waals surface area contributed by atoms with Gasteiger partial charge in [0.25, 0.3) is 0 Å². The lowest BCUT2D eigenvalue weighted by Crippen LogP contribution is -2.30. The number of hydrogen-bond acceptors (Lipinski definition) is 3. The van der Waals surface area contributed by atoms with E-state index in [0.29, 0.717) is 29.2 Å². The molecule has 1 aliphatic rings. The first-order valence-electron chi connectivity index (χ1n) is 7.36. The van der Waals surface area contributed by atoms with Crippen molar-refractivity contribution >= 4 is 11.5 Å². The summed E-state index contributed by atoms with van der Waals surface area (Å²) in [6.45, 7) is 4.54. The highest BCUT2D eigenvalue weighted by atomic mass is 16.5. The quantitative estimate of drug-likeness (QED) is 0.682. The minimum Gasteiger partial charge on any atom is -0.618 e. The maximum atomic E-state index is 12.2. The molecule has 0 saturated heterocycles. The van der Waals surface area contributed by atoms with Crippen LogP contribution in [0, 0.1) is 10.6 Å². The molecule has 0 saturated carbocycles. The molecule has 1 aliphatic heterocycles. The second-order valence-electron chi connectivity index (χ2n) is 6.32. The number of hydrogen-bond donors (Lipinski definition) is 1. The number of ether oxygens (including phenoxy) is 1. The van der Waals surface area contributed by atoms with Crippen LogP contribution >= 0.6 is 0 Å². The molecule has 2 heterocycles. The van der Waals surface area contributed by atoms with Crippen molar-refractivity contribution in [2.45, 2.75) is 13.8 Å². The fourth-order valence-corrected chi connectivity index (χ4v) is 2.64.